The van der Waals surface area contributed by atoms with Crippen LogP contribution in [0.3, 0.4) is 0 Å². The number of fused-ring (bicyclic) bond motifs is 1. The number of carboxylic acids is 1. The average molecular weight is 1260 g/mol. The number of carbonyl (C=O) groups is 4. The van der Waals surface area contributed by atoms with Crippen LogP contribution in [0.15, 0.2) is 210 Å². The summed E-state index contributed by atoms with van der Waals surface area (Å²) in [6, 6.07) is 54.2. The number of ether oxygens (including phenoxy) is 4. The fourth-order valence-corrected chi connectivity index (χ4v) is 12.7. The van der Waals surface area contributed by atoms with Gasteiger partial charge in [0.1, 0.15) is 24.2 Å². The van der Waals surface area contributed by atoms with Gasteiger partial charge in [0.25, 0.3) is 0 Å². The lowest BCUT2D eigenvalue weighted by Crippen LogP contribution is -2.54. The molecule has 0 saturated carbocycles. The van der Waals surface area contributed by atoms with E-state index >= 15 is 0 Å². The van der Waals surface area contributed by atoms with E-state index < -0.39 is 62.2 Å². The van der Waals surface area contributed by atoms with E-state index in [0.717, 1.165) is 27.8 Å². The summed E-state index contributed by atoms with van der Waals surface area (Å²) in [7, 11) is -6.64. The molecule has 1 aromatic heterocycles. The molecule has 8 aromatic rings. The number of anilines is 2. The summed E-state index contributed by atoms with van der Waals surface area (Å²) >= 11 is 0. The first-order valence-corrected chi connectivity index (χ1v) is 32.3. The Morgan fingerprint density at radius 1 is 0.633 bits per heavy atom. The molecule has 0 fully saturated rings. The van der Waals surface area contributed by atoms with Crippen molar-refractivity contribution in [2.24, 2.45) is 0 Å². The zero-order chi connectivity index (χ0) is 63.4. The second-order valence-corrected chi connectivity index (χ2v) is 24.6. The van der Waals surface area contributed by atoms with Crippen molar-refractivity contribution in [3.05, 3.63) is 234 Å². The number of hydrogen-bond donors (Lipinski definition) is 6. The number of aliphatic carboxylic acids is 1. The van der Waals surface area contributed by atoms with Gasteiger partial charge in [0.05, 0.1) is 36.2 Å². The molecule has 0 aliphatic carbocycles. The number of hydrogen-bond acceptors (Lipinski definition) is 15. The van der Waals surface area contributed by atoms with Gasteiger partial charge >= 0.3 is 12.1 Å². The van der Waals surface area contributed by atoms with Crippen molar-refractivity contribution in [2.45, 2.75) is 59.8 Å². The smallest absolute Gasteiger partial charge is 0.407 e. The molecule has 2 unspecified atom stereocenters. The standard InChI is InChI=1S/C67H72N8O13S2/c1-74-60-44-50(46-71-65-68-36-37-75(65)67(53-18-8-3-9-19-53,54-20-10-4-11-21-54)55-22-12-5-13-23-55)24-33-58(60)62(76)45-61(74)63(77)70-47-59(64(78)79)73-90(83,84)57-31-27-52(28-32-57)51-25-29-56(30-26-51)89(81,82)72-35-15-39-86-41-43-87-42-40-85-38-14-34-69-66(80)88-48-49-16-6-2-7-17-49/h2-13,16-33,36-37,44,59,61,72-73H,14-15,34-35,38-43,45-48H2,1H3,(H,68,71)(H,69,80)(H,70,77)(H,78,79). The van der Waals surface area contributed by atoms with Crippen LogP contribution in [0.25, 0.3) is 11.1 Å². The number of nitrogens with zero attached hydrogens (tertiary/aromatic N) is 3. The van der Waals surface area contributed by atoms with E-state index in [2.05, 4.69) is 66.4 Å². The lowest BCUT2D eigenvalue weighted by Gasteiger charge is -2.38. The molecule has 6 N–H and O–H groups in total. The van der Waals surface area contributed by atoms with Crippen LogP contribution in [0.2, 0.25) is 0 Å². The molecular formula is C67H72N8O13S2. The lowest BCUT2D eigenvalue weighted by molar-refractivity contribution is -0.139. The van der Waals surface area contributed by atoms with E-state index in [1.165, 1.54) is 36.4 Å². The second-order valence-electron chi connectivity index (χ2n) is 21.1. The lowest BCUT2D eigenvalue weighted by atomic mass is 9.76. The number of rotatable bonds is 33. The summed E-state index contributed by atoms with van der Waals surface area (Å²) in [5.41, 5.74) is 5.96. The molecule has 7 aromatic carbocycles. The predicted octanol–water partition coefficient (Wildman–Crippen LogP) is 7.98. The van der Waals surface area contributed by atoms with Crippen molar-refractivity contribution in [3.8, 4) is 11.1 Å². The van der Waals surface area contributed by atoms with Crippen molar-refractivity contribution in [2.75, 3.05) is 76.5 Å². The van der Waals surface area contributed by atoms with Gasteiger partial charge in [-0.1, -0.05) is 152 Å². The van der Waals surface area contributed by atoms with Crippen LogP contribution >= 0.6 is 0 Å². The van der Waals surface area contributed by atoms with Crippen molar-refractivity contribution in [1.82, 2.24) is 29.6 Å². The third-order valence-electron chi connectivity index (χ3n) is 15.1. The molecule has 0 bridgehead atoms. The molecule has 23 heteroatoms. The van der Waals surface area contributed by atoms with Crippen molar-refractivity contribution in [3.63, 3.8) is 0 Å². The Balaban J connectivity index is 0.706. The van der Waals surface area contributed by atoms with Crippen molar-refractivity contribution in [1.29, 1.82) is 0 Å². The minimum atomic E-state index is -4.45. The summed E-state index contributed by atoms with van der Waals surface area (Å²) in [5, 5.41) is 18.9. The maximum atomic E-state index is 13.9. The van der Waals surface area contributed by atoms with Gasteiger partial charge in [0, 0.05) is 76.5 Å². The Bertz CT molecular complexity index is 3790. The number of benzene rings is 7. The Hall–Kier alpha value is -9.07. The quantitative estimate of drug-likeness (QED) is 0.0168. The highest BCUT2D eigenvalue weighted by Crippen LogP contribution is 2.42. The minimum absolute atomic E-state index is 0.0233. The number of aromatic nitrogens is 2. The summed E-state index contributed by atoms with van der Waals surface area (Å²) in [5.74, 6) is -1.93. The van der Waals surface area contributed by atoms with E-state index in [4.69, 9.17) is 23.9 Å². The molecule has 470 valence electrons. The first-order valence-electron chi connectivity index (χ1n) is 29.4. The molecular weight excluding hydrogens is 1190 g/mol. The molecule has 9 rings (SSSR count). The van der Waals surface area contributed by atoms with Gasteiger partial charge in [-0.2, -0.15) is 4.72 Å². The number of carboxylic acid groups (broad SMARTS) is 1. The SMILES string of the molecule is CN1c2cc(CNc3nccn3C(c3ccccc3)(c3ccccc3)c3ccccc3)ccc2C(=O)CC1C(=O)NCC(NS(=O)(=O)c1ccc(-c2ccc(S(=O)(=O)NCCCOCCOCCOCCCNC(=O)OCc3ccccc3)cc2)cc1)C(=O)O. The van der Waals surface area contributed by atoms with Crippen LogP contribution in [-0.4, -0.2) is 134 Å². The Morgan fingerprint density at radius 3 is 1.71 bits per heavy atom. The Kier molecular flexibility index (Phi) is 22.8. The maximum Gasteiger partial charge on any atom is 0.407 e. The number of Topliss-reactive ketones (excluding diaryl/α,β-unsaturated/α-hetero) is 1. The van der Waals surface area contributed by atoms with Gasteiger partial charge < -0.3 is 44.9 Å². The molecule has 0 saturated heterocycles. The predicted molar refractivity (Wildman–Crippen MR) is 340 cm³/mol. The molecule has 1 aliphatic heterocycles. The summed E-state index contributed by atoms with van der Waals surface area (Å²) in [6.45, 7) is 2.55. The molecule has 2 amide bonds. The van der Waals surface area contributed by atoms with E-state index in [-0.39, 0.29) is 41.7 Å². The highest BCUT2D eigenvalue weighted by Gasteiger charge is 2.40. The molecule has 1 aliphatic rings. The van der Waals surface area contributed by atoms with E-state index in [9.17, 15) is 41.1 Å². The average Bonchev–Trinajstić information content (AvgIpc) is 1.24. The van der Waals surface area contributed by atoms with Crippen LogP contribution in [-0.2, 0) is 67.3 Å². The number of alkyl carbamates (subject to hydrolysis) is 1. The third-order valence-corrected chi connectivity index (χ3v) is 18.1. The molecule has 21 nitrogen and oxygen atoms in total. The number of ketones is 1. The number of nitrogens with one attached hydrogen (secondary N) is 5. The number of sulfonamides is 2. The third kappa shape index (κ3) is 16.8. The van der Waals surface area contributed by atoms with Crippen LogP contribution in [0.5, 0.6) is 0 Å². The van der Waals surface area contributed by atoms with E-state index in [0.29, 0.717) is 87.4 Å². The summed E-state index contributed by atoms with van der Waals surface area (Å²) in [4.78, 5) is 58.0. The van der Waals surface area contributed by atoms with Crippen molar-refractivity contribution < 1.29 is 60.1 Å². The van der Waals surface area contributed by atoms with Crippen LogP contribution in [0, 0.1) is 0 Å². The summed E-state index contributed by atoms with van der Waals surface area (Å²) in [6.07, 6.45) is 4.03. The van der Waals surface area contributed by atoms with Crippen LogP contribution in [0.1, 0.15) is 57.4 Å². The van der Waals surface area contributed by atoms with Gasteiger partial charge in [-0.15, -0.1) is 0 Å². The van der Waals surface area contributed by atoms with Gasteiger partial charge in [-0.3, -0.25) is 19.0 Å². The topological polar surface area (TPSA) is 275 Å². The number of imidazole rings is 1. The Morgan fingerprint density at radius 2 is 1.16 bits per heavy atom. The molecule has 0 radical (unpaired) electrons. The van der Waals surface area contributed by atoms with Gasteiger partial charge in [-0.25, -0.2) is 31.3 Å². The fourth-order valence-electron chi connectivity index (χ4n) is 10.5. The van der Waals surface area contributed by atoms with Crippen LogP contribution in [0.4, 0.5) is 16.4 Å². The normalized spacial score (nSPS) is 13.7. The minimum Gasteiger partial charge on any atom is -0.480 e. The highest BCUT2D eigenvalue weighted by atomic mass is 32.2. The molecule has 2 atom stereocenters. The zero-order valence-electron chi connectivity index (χ0n) is 49.6. The molecule has 90 heavy (non-hydrogen) atoms. The highest BCUT2D eigenvalue weighted by molar-refractivity contribution is 7.89. The fraction of sp³-hybridized carbons (Fsp3) is 0.269. The largest absolute Gasteiger partial charge is 0.480 e. The van der Waals surface area contributed by atoms with E-state index in [1.54, 1.807) is 36.3 Å². The number of carbonyl (C=O) groups excluding carboxylic acids is 3. The first kappa shape index (κ1) is 65.4. The number of amides is 2. The van der Waals surface area contributed by atoms with Crippen LogP contribution < -0.4 is 30.3 Å². The Labute approximate surface area is 523 Å². The summed E-state index contributed by atoms with van der Waals surface area (Å²) < 4.78 is 81.9. The first-order chi connectivity index (χ1) is 43.6. The zero-order valence-corrected chi connectivity index (χ0v) is 51.2. The number of likely N-dealkylation sites (N-methyl/N-ethyl adjacent to an activating group) is 1. The molecule has 0 spiro atoms. The van der Waals surface area contributed by atoms with Crippen molar-refractivity contribution >= 4 is 55.4 Å². The maximum absolute atomic E-state index is 13.9. The van der Waals surface area contributed by atoms with Gasteiger partial charge in [0.15, 0.2) is 5.78 Å². The van der Waals surface area contributed by atoms with E-state index in [1.807, 2.05) is 103 Å². The van der Waals surface area contributed by atoms with Gasteiger partial charge in [-0.05, 0) is 88.2 Å². The monoisotopic (exact) mass is 1260 g/mol. The second kappa shape index (κ2) is 31.4. The van der Waals surface area contributed by atoms with Gasteiger partial charge in [0.2, 0.25) is 31.9 Å². The molecule has 2 heterocycles.